The third kappa shape index (κ3) is 3.60. The molecule has 0 aliphatic heterocycles. The van der Waals surface area contributed by atoms with Gasteiger partial charge in [-0.3, -0.25) is 9.59 Å². The number of benzene rings is 2. The second-order valence-electron chi connectivity index (χ2n) is 6.13. The SMILES string of the molecule is CC[C@@H](C)NC(=O)c1nn(Cc2ccccc2)c(=O)c2ccccc12. The van der Waals surface area contributed by atoms with Crippen LogP contribution in [0.15, 0.2) is 59.4 Å². The molecule has 0 fully saturated rings. The van der Waals surface area contributed by atoms with E-state index in [2.05, 4.69) is 10.4 Å². The molecule has 1 atom stereocenters. The number of hydrogen-bond acceptors (Lipinski definition) is 3. The summed E-state index contributed by atoms with van der Waals surface area (Å²) >= 11 is 0. The van der Waals surface area contributed by atoms with Crippen molar-refractivity contribution >= 4 is 16.7 Å². The van der Waals surface area contributed by atoms with Crippen molar-refractivity contribution in [3.05, 3.63) is 76.2 Å². The fourth-order valence-corrected chi connectivity index (χ4v) is 2.66. The number of hydrogen-bond donors (Lipinski definition) is 1. The Kier molecular flexibility index (Phi) is 4.93. The summed E-state index contributed by atoms with van der Waals surface area (Å²) in [6.07, 6.45) is 0.827. The molecule has 1 N–H and O–H groups in total. The molecule has 2 aromatic carbocycles. The highest BCUT2D eigenvalue weighted by atomic mass is 16.2. The van der Waals surface area contributed by atoms with E-state index >= 15 is 0 Å². The molecule has 1 heterocycles. The predicted octanol–water partition coefficient (Wildman–Crippen LogP) is 2.97. The maximum absolute atomic E-state index is 12.8. The number of carbonyl (C=O) groups excluding carboxylic acids is 1. The van der Waals surface area contributed by atoms with Gasteiger partial charge in [0.05, 0.1) is 11.9 Å². The molecule has 5 nitrogen and oxygen atoms in total. The van der Waals surface area contributed by atoms with Crippen molar-refractivity contribution in [2.75, 3.05) is 0 Å². The molecule has 0 aliphatic rings. The third-order valence-corrected chi connectivity index (χ3v) is 4.25. The molecule has 0 saturated carbocycles. The second kappa shape index (κ2) is 7.30. The summed E-state index contributed by atoms with van der Waals surface area (Å²) in [5, 5.41) is 8.39. The van der Waals surface area contributed by atoms with Crippen LogP contribution in [0.5, 0.6) is 0 Å². The van der Waals surface area contributed by atoms with Crippen LogP contribution in [0.4, 0.5) is 0 Å². The number of aromatic nitrogens is 2. The van der Waals surface area contributed by atoms with Gasteiger partial charge in [-0.2, -0.15) is 5.10 Å². The molecule has 3 aromatic rings. The van der Waals surface area contributed by atoms with Gasteiger partial charge in [0, 0.05) is 11.4 Å². The molecular weight excluding hydrogens is 314 g/mol. The van der Waals surface area contributed by atoms with E-state index in [1.54, 1.807) is 18.2 Å². The number of fused-ring (bicyclic) bond motifs is 1. The van der Waals surface area contributed by atoms with E-state index in [9.17, 15) is 9.59 Å². The molecule has 3 rings (SSSR count). The number of nitrogens with one attached hydrogen (secondary N) is 1. The minimum atomic E-state index is -0.257. The highest BCUT2D eigenvalue weighted by Crippen LogP contribution is 2.14. The van der Waals surface area contributed by atoms with Crippen molar-refractivity contribution in [1.29, 1.82) is 0 Å². The summed E-state index contributed by atoms with van der Waals surface area (Å²) < 4.78 is 1.36. The van der Waals surface area contributed by atoms with E-state index in [-0.39, 0.29) is 23.2 Å². The summed E-state index contributed by atoms with van der Waals surface area (Å²) in [6.45, 7) is 4.28. The van der Waals surface area contributed by atoms with Crippen molar-refractivity contribution < 1.29 is 4.79 Å². The molecule has 0 saturated heterocycles. The zero-order valence-corrected chi connectivity index (χ0v) is 14.4. The van der Waals surface area contributed by atoms with E-state index < -0.39 is 0 Å². The Hall–Kier alpha value is -2.95. The van der Waals surface area contributed by atoms with E-state index in [1.165, 1.54) is 4.68 Å². The van der Waals surface area contributed by atoms with Crippen LogP contribution in [0.25, 0.3) is 10.8 Å². The monoisotopic (exact) mass is 335 g/mol. The van der Waals surface area contributed by atoms with Crippen molar-refractivity contribution in [3.8, 4) is 0 Å². The first-order chi connectivity index (χ1) is 12.1. The van der Waals surface area contributed by atoms with Gasteiger partial charge in [0.25, 0.3) is 11.5 Å². The van der Waals surface area contributed by atoms with Gasteiger partial charge in [0.1, 0.15) is 0 Å². The molecule has 0 aliphatic carbocycles. The Bertz CT molecular complexity index is 948. The van der Waals surface area contributed by atoms with Gasteiger partial charge < -0.3 is 5.32 Å². The lowest BCUT2D eigenvalue weighted by atomic mass is 10.1. The summed E-state index contributed by atoms with van der Waals surface area (Å²) in [7, 11) is 0. The molecule has 1 amide bonds. The Morgan fingerprint density at radius 2 is 1.72 bits per heavy atom. The fourth-order valence-electron chi connectivity index (χ4n) is 2.66. The van der Waals surface area contributed by atoms with Gasteiger partial charge in [-0.1, -0.05) is 55.5 Å². The van der Waals surface area contributed by atoms with Gasteiger partial charge in [-0.15, -0.1) is 0 Å². The van der Waals surface area contributed by atoms with Crippen molar-refractivity contribution in [1.82, 2.24) is 15.1 Å². The van der Waals surface area contributed by atoms with Crippen molar-refractivity contribution in [2.45, 2.75) is 32.9 Å². The van der Waals surface area contributed by atoms with Crippen LogP contribution >= 0.6 is 0 Å². The van der Waals surface area contributed by atoms with Gasteiger partial charge in [-0.05, 0) is 25.0 Å². The first-order valence-electron chi connectivity index (χ1n) is 8.44. The van der Waals surface area contributed by atoms with Crippen LogP contribution in [0, 0.1) is 0 Å². The average Bonchev–Trinajstić information content (AvgIpc) is 2.64. The number of carbonyl (C=O) groups is 1. The normalized spacial score (nSPS) is 12.1. The summed E-state index contributed by atoms with van der Waals surface area (Å²) in [4.78, 5) is 25.4. The van der Waals surface area contributed by atoms with E-state index in [0.717, 1.165) is 12.0 Å². The molecule has 0 unspecified atom stereocenters. The summed E-state index contributed by atoms with van der Waals surface area (Å²) in [6, 6.07) is 16.8. The Labute approximate surface area is 146 Å². The number of rotatable bonds is 5. The van der Waals surface area contributed by atoms with Gasteiger partial charge in [0.2, 0.25) is 0 Å². The quantitative estimate of drug-likeness (QED) is 0.779. The Morgan fingerprint density at radius 1 is 1.08 bits per heavy atom. The lowest BCUT2D eigenvalue weighted by molar-refractivity contribution is 0.0934. The second-order valence-corrected chi connectivity index (χ2v) is 6.13. The summed E-state index contributed by atoms with van der Waals surface area (Å²) in [5.74, 6) is -0.257. The zero-order valence-electron chi connectivity index (χ0n) is 14.4. The molecule has 0 radical (unpaired) electrons. The van der Waals surface area contributed by atoms with E-state index in [4.69, 9.17) is 0 Å². The van der Waals surface area contributed by atoms with Crippen molar-refractivity contribution in [2.24, 2.45) is 0 Å². The minimum absolute atomic E-state index is 0.0440. The van der Waals surface area contributed by atoms with Crippen molar-refractivity contribution in [3.63, 3.8) is 0 Å². The predicted molar refractivity (Wildman–Crippen MR) is 98.8 cm³/mol. The van der Waals surface area contributed by atoms with Gasteiger partial charge in [-0.25, -0.2) is 4.68 Å². The lowest BCUT2D eigenvalue weighted by Gasteiger charge is -2.14. The molecule has 0 bridgehead atoms. The number of amides is 1. The first-order valence-corrected chi connectivity index (χ1v) is 8.44. The standard InChI is InChI=1S/C20H21N3O2/c1-3-14(2)21-19(24)18-16-11-7-8-12-17(16)20(25)23(22-18)13-15-9-5-4-6-10-15/h4-12,14H,3,13H2,1-2H3,(H,21,24)/t14-/m1/s1. The molecule has 25 heavy (non-hydrogen) atoms. The maximum atomic E-state index is 12.8. The van der Waals surface area contributed by atoms with Crippen LogP contribution < -0.4 is 10.9 Å². The van der Waals surface area contributed by atoms with Crippen LogP contribution in [0.1, 0.15) is 36.3 Å². The Morgan fingerprint density at radius 3 is 2.40 bits per heavy atom. The third-order valence-electron chi connectivity index (χ3n) is 4.25. The largest absolute Gasteiger partial charge is 0.348 e. The molecule has 5 heteroatoms. The highest BCUT2D eigenvalue weighted by molar-refractivity contribution is 6.04. The summed E-state index contributed by atoms with van der Waals surface area (Å²) in [5.41, 5.74) is 1.05. The van der Waals surface area contributed by atoms with Crippen LogP contribution in [0.2, 0.25) is 0 Å². The highest BCUT2D eigenvalue weighted by Gasteiger charge is 2.17. The Balaban J connectivity index is 2.11. The smallest absolute Gasteiger partial charge is 0.274 e. The zero-order chi connectivity index (χ0) is 17.8. The molecule has 0 spiro atoms. The van der Waals surface area contributed by atoms with Gasteiger partial charge in [0.15, 0.2) is 5.69 Å². The van der Waals surface area contributed by atoms with E-state index in [0.29, 0.717) is 17.3 Å². The van der Waals surface area contributed by atoms with E-state index in [1.807, 2.05) is 50.2 Å². The molecule has 1 aromatic heterocycles. The van der Waals surface area contributed by atoms with Crippen LogP contribution in [0.3, 0.4) is 0 Å². The molecule has 128 valence electrons. The van der Waals surface area contributed by atoms with Crippen LogP contribution in [-0.4, -0.2) is 21.7 Å². The van der Waals surface area contributed by atoms with Crippen LogP contribution in [-0.2, 0) is 6.54 Å². The average molecular weight is 335 g/mol. The maximum Gasteiger partial charge on any atom is 0.274 e. The first kappa shape index (κ1) is 16.9. The topological polar surface area (TPSA) is 64.0 Å². The molecular formula is C20H21N3O2. The van der Waals surface area contributed by atoms with Gasteiger partial charge >= 0.3 is 0 Å². The lowest BCUT2D eigenvalue weighted by Crippen LogP contribution is -2.35. The number of nitrogens with zero attached hydrogens (tertiary/aromatic N) is 2. The minimum Gasteiger partial charge on any atom is -0.348 e. The fraction of sp³-hybridized carbons (Fsp3) is 0.250.